The normalized spacial score (nSPS) is 10.6. The summed E-state index contributed by atoms with van der Waals surface area (Å²) in [7, 11) is 1.56. The molecule has 1 heterocycles. The van der Waals surface area contributed by atoms with Crippen molar-refractivity contribution < 1.29 is 9.59 Å². The van der Waals surface area contributed by atoms with Crippen LogP contribution in [0.4, 0.5) is 5.69 Å². The molecule has 2 amide bonds. The molecule has 6 heteroatoms. The third kappa shape index (κ3) is 3.93. The van der Waals surface area contributed by atoms with Gasteiger partial charge in [0, 0.05) is 32.3 Å². The molecule has 6 nitrogen and oxygen atoms in total. The first-order chi connectivity index (χ1) is 9.81. The largest absolute Gasteiger partial charge is 0.339 e. The number of amides is 2. The second-order valence-electron chi connectivity index (χ2n) is 5.18. The number of hydrogen-bond donors (Lipinski definition) is 1. The summed E-state index contributed by atoms with van der Waals surface area (Å²) in [5.41, 5.74) is 0.189. The van der Waals surface area contributed by atoms with E-state index in [0.29, 0.717) is 18.7 Å². The molecule has 0 saturated carbocycles. The van der Waals surface area contributed by atoms with Crippen molar-refractivity contribution in [1.82, 2.24) is 9.47 Å². The summed E-state index contributed by atoms with van der Waals surface area (Å²) in [6, 6.07) is 1.45. The quantitative estimate of drug-likeness (QED) is 0.893. The van der Waals surface area contributed by atoms with Crippen LogP contribution in [-0.2, 0) is 11.8 Å². The Morgan fingerprint density at radius 3 is 2.33 bits per heavy atom. The fraction of sp³-hybridized carbons (Fsp3) is 0.533. The molecule has 0 bridgehead atoms. The van der Waals surface area contributed by atoms with Crippen molar-refractivity contribution in [3.05, 3.63) is 28.2 Å². The van der Waals surface area contributed by atoms with Crippen molar-refractivity contribution in [3.8, 4) is 0 Å². The molecule has 1 aromatic rings. The van der Waals surface area contributed by atoms with Crippen LogP contribution in [0, 0.1) is 5.92 Å². The van der Waals surface area contributed by atoms with Gasteiger partial charge < -0.3 is 14.8 Å². The Balaban J connectivity index is 3.20. The van der Waals surface area contributed by atoms with Gasteiger partial charge in [-0.05, 0) is 19.9 Å². The van der Waals surface area contributed by atoms with Gasteiger partial charge in [0.1, 0.15) is 5.69 Å². The van der Waals surface area contributed by atoms with Crippen LogP contribution in [0.15, 0.2) is 17.1 Å². The Kier molecular flexibility index (Phi) is 5.69. The molecule has 0 aliphatic heterocycles. The molecule has 0 atom stereocenters. The first kappa shape index (κ1) is 16.9. The zero-order valence-corrected chi connectivity index (χ0v) is 13.3. The SMILES string of the molecule is CCN(CC)C(=O)c1cc(NC(=O)C(C)C)c(=O)n(C)c1. The highest BCUT2D eigenvalue weighted by Gasteiger charge is 2.17. The van der Waals surface area contributed by atoms with Crippen LogP contribution in [0.5, 0.6) is 0 Å². The van der Waals surface area contributed by atoms with Crippen molar-refractivity contribution in [1.29, 1.82) is 0 Å². The molecule has 1 aromatic heterocycles. The summed E-state index contributed by atoms with van der Waals surface area (Å²) >= 11 is 0. The molecule has 0 spiro atoms. The number of anilines is 1. The molecular formula is C15H23N3O3. The van der Waals surface area contributed by atoms with E-state index in [1.165, 1.54) is 16.8 Å². The summed E-state index contributed by atoms with van der Waals surface area (Å²) in [5.74, 6) is -0.646. The van der Waals surface area contributed by atoms with Gasteiger partial charge in [-0.2, -0.15) is 0 Å². The summed E-state index contributed by atoms with van der Waals surface area (Å²) in [5, 5.41) is 2.58. The summed E-state index contributed by atoms with van der Waals surface area (Å²) < 4.78 is 1.31. The number of rotatable bonds is 5. The Hall–Kier alpha value is -2.11. The smallest absolute Gasteiger partial charge is 0.274 e. The number of nitrogens with one attached hydrogen (secondary N) is 1. The fourth-order valence-electron chi connectivity index (χ4n) is 1.89. The van der Waals surface area contributed by atoms with Gasteiger partial charge in [-0.15, -0.1) is 0 Å². The minimum Gasteiger partial charge on any atom is -0.339 e. The predicted molar refractivity (Wildman–Crippen MR) is 82.4 cm³/mol. The average molecular weight is 293 g/mol. The number of hydrogen-bond acceptors (Lipinski definition) is 3. The molecule has 0 fully saturated rings. The van der Waals surface area contributed by atoms with E-state index >= 15 is 0 Å². The highest BCUT2D eigenvalue weighted by atomic mass is 16.2. The second-order valence-corrected chi connectivity index (χ2v) is 5.18. The Labute approximate surface area is 124 Å². The molecule has 116 valence electrons. The maximum atomic E-state index is 12.3. The van der Waals surface area contributed by atoms with Crippen molar-refractivity contribution in [3.63, 3.8) is 0 Å². The lowest BCUT2D eigenvalue weighted by molar-refractivity contribution is -0.118. The van der Waals surface area contributed by atoms with E-state index in [2.05, 4.69) is 5.32 Å². The van der Waals surface area contributed by atoms with Crippen LogP contribution in [-0.4, -0.2) is 34.4 Å². The van der Waals surface area contributed by atoms with Crippen molar-refractivity contribution in [2.75, 3.05) is 18.4 Å². The first-order valence-corrected chi connectivity index (χ1v) is 7.12. The maximum Gasteiger partial charge on any atom is 0.274 e. The second kappa shape index (κ2) is 7.06. The van der Waals surface area contributed by atoms with Crippen molar-refractivity contribution >= 4 is 17.5 Å². The lowest BCUT2D eigenvalue weighted by atomic mass is 10.2. The molecule has 0 radical (unpaired) electrons. The molecule has 0 saturated heterocycles. The number of nitrogens with zero attached hydrogens (tertiary/aromatic N) is 2. The zero-order valence-electron chi connectivity index (χ0n) is 13.3. The minimum atomic E-state index is -0.333. The molecule has 21 heavy (non-hydrogen) atoms. The standard InChI is InChI=1S/C15H23N3O3/c1-6-18(7-2)14(20)11-8-12(15(21)17(5)9-11)16-13(19)10(3)4/h8-10H,6-7H2,1-5H3,(H,16,19). The molecule has 1 rings (SSSR count). The van der Waals surface area contributed by atoms with E-state index in [9.17, 15) is 14.4 Å². The topological polar surface area (TPSA) is 71.4 Å². The number of pyridine rings is 1. The van der Waals surface area contributed by atoms with Crippen LogP contribution < -0.4 is 10.9 Å². The average Bonchev–Trinajstić information content (AvgIpc) is 2.44. The molecule has 0 unspecified atom stereocenters. The number of carbonyl (C=O) groups excluding carboxylic acids is 2. The van der Waals surface area contributed by atoms with Gasteiger partial charge in [0.2, 0.25) is 5.91 Å². The predicted octanol–water partition coefficient (Wildman–Crippen LogP) is 1.46. The Morgan fingerprint density at radius 2 is 1.86 bits per heavy atom. The molecule has 0 aliphatic rings. The third-order valence-corrected chi connectivity index (χ3v) is 3.26. The fourth-order valence-corrected chi connectivity index (χ4v) is 1.89. The van der Waals surface area contributed by atoms with E-state index in [1.54, 1.807) is 25.8 Å². The van der Waals surface area contributed by atoms with Gasteiger partial charge in [0.25, 0.3) is 11.5 Å². The van der Waals surface area contributed by atoms with E-state index in [0.717, 1.165) is 0 Å². The van der Waals surface area contributed by atoms with Gasteiger partial charge in [0.15, 0.2) is 0 Å². The van der Waals surface area contributed by atoms with Crippen LogP contribution >= 0.6 is 0 Å². The molecule has 0 aliphatic carbocycles. The van der Waals surface area contributed by atoms with Gasteiger partial charge in [0.05, 0.1) is 5.56 Å². The van der Waals surface area contributed by atoms with E-state index in [4.69, 9.17) is 0 Å². The highest BCUT2D eigenvalue weighted by Crippen LogP contribution is 2.10. The zero-order chi connectivity index (χ0) is 16.2. The summed E-state index contributed by atoms with van der Waals surface area (Å²) in [4.78, 5) is 37.8. The highest BCUT2D eigenvalue weighted by molar-refractivity contribution is 5.97. The molecule has 0 aromatic carbocycles. The monoisotopic (exact) mass is 293 g/mol. The Morgan fingerprint density at radius 1 is 1.29 bits per heavy atom. The van der Waals surface area contributed by atoms with E-state index in [-0.39, 0.29) is 29.0 Å². The lowest BCUT2D eigenvalue weighted by Crippen LogP contribution is -2.33. The van der Waals surface area contributed by atoms with Gasteiger partial charge in [-0.3, -0.25) is 14.4 Å². The minimum absolute atomic E-state index is 0.134. The van der Waals surface area contributed by atoms with Gasteiger partial charge in [-0.1, -0.05) is 13.8 Å². The van der Waals surface area contributed by atoms with Crippen LogP contribution in [0.25, 0.3) is 0 Å². The summed E-state index contributed by atoms with van der Waals surface area (Å²) in [6.45, 7) is 8.45. The first-order valence-electron chi connectivity index (χ1n) is 7.12. The van der Waals surface area contributed by atoms with E-state index in [1.807, 2.05) is 13.8 Å². The van der Waals surface area contributed by atoms with Gasteiger partial charge >= 0.3 is 0 Å². The van der Waals surface area contributed by atoms with Crippen LogP contribution in [0.3, 0.4) is 0 Å². The third-order valence-electron chi connectivity index (χ3n) is 3.26. The number of aryl methyl sites for hydroxylation is 1. The van der Waals surface area contributed by atoms with Crippen LogP contribution in [0.1, 0.15) is 38.1 Å². The molecule has 1 N–H and O–H groups in total. The summed E-state index contributed by atoms with van der Waals surface area (Å²) in [6.07, 6.45) is 1.49. The van der Waals surface area contributed by atoms with Gasteiger partial charge in [-0.25, -0.2) is 0 Å². The van der Waals surface area contributed by atoms with Crippen LogP contribution in [0.2, 0.25) is 0 Å². The Bertz CT molecular complexity index is 586. The van der Waals surface area contributed by atoms with Crippen molar-refractivity contribution in [2.45, 2.75) is 27.7 Å². The maximum absolute atomic E-state index is 12.3. The lowest BCUT2D eigenvalue weighted by Gasteiger charge is -2.19. The van der Waals surface area contributed by atoms with E-state index < -0.39 is 0 Å². The number of aromatic nitrogens is 1. The molecular weight excluding hydrogens is 270 g/mol. The number of carbonyl (C=O) groups is 2. The van der Waals surface area contributed by atoms with Crippen molar-refractivity contribution in [2.24, 2.45) is 13.0 Å².